The largest absolute Gasteiger partial charge is 0.353 e. The van der Waals surface area contributed by atoms with Crippen LogP contribution in [0.2, 0.25) is 5.02 Å². The lowest BCUT2D eigenvalue weighted by atomic mass is 10.1. The van der Waals surface area contributed by atoms with E-state index in [4.69, 9.17) is 11.6 Å². The average Bonchev–Trinajstić information content (AvgIpc) is 3.00. The van der Waals surface area contributed by atoms with Crippen LogP contribution in [0.15, 0.2) is 42.9 Å². The van der Waals surface area contributed by atoms with Crippen molar-refractivity contribution in [3.63, 3.8) is 0 Å². The van der Waals surface area contributed by atoms with E-state index in [2.05, 4.69) is 25.2 Å². The minimum atomic E-state index is -0.174. The van der Waals surface area contributed by atoms with Crippen LogP contribution in [0.1, 0.15) is 23.3 Å². The monoisotopic (exact) mass is 355 g/mol. The summed E-state index contributed by atoms with van der Waals surface area (Å²) in [5.74, 6) is 0.664. The number of amides is 1. The molecule has 1 aliphatic rings. The molecular formula is C18H18ClN5O. The Balaban J connectivity index is 1.49. The van der Waals surface area contributed by atoms with Crippen LogP contribution in [-0.4, -0.2) is 40.0 Å². The maximum Gasteiger partial charge on any atom is 0.269 e. The van der Waals surface area contributed by atoms with Gasteiger partial charge in [0.05, 0.1) is 11.2 Å². The minimum absolute atomic E-state index is 0.0470. The second-order valence-corrected chi connectivity index (χ2v) is 6.56. The van der Waals surface area contributed by atoms with E-state index in [9.17, 15) is 4.79 Å². The van der Waals surface area contributed by atoms with Gasteiger partial charge >= 0.3 is 0 Å². The summed E-state index contributed by atoms with van der Waals surface area (Å²) in [6, 6.07) is 7.68. The Morgan fingerprint density at radius 3 is 3.00 bits per heavy atom. The summed E-state index contributed by atoms with van der Waals surface area (Å²) >= 11 is 6.37. The third-order valence-electron chi connectivity index (χ3n) is 4.50. The van der Waals surface area contributed by atoms with Gasteiger partial charge in [0.15, 0.2) is 0 Å². The highest BCUT2D eigenvalue weighted by atomic mass is 35.5. The van der Waals surface area contributed by atoms with Crippen LogP contribution in [-0.2, 0) is 0 Å². The number of para-hydroxylation sites is 1. The molecule has 0 saturated carbocycles. The van der Waals surface area contributed by atoms with E-state index in [1.54, 1.807) is 18.6 Å². The summed E-state index contributed by atoms with van der Waals surface area (Å²) in [5.41, 5.74) is 1.28. The second-order valence-electron chi connectivity index (χ2n) is 6.18. The van der Waals surface area contributed by atoms with Crippen LogP contribution in [0.3, 0.4) is 0 Å². The normalized spacial score (nSPS) is 17.6. The van der Waals surface area contributed by atoms with Gasteiger partial charge in [-0.05, 0) is 18.9 Å². The van der Waals surface area contributed by atoms with Crippen molar-refractivity contribution < 1.29 is 4.79 Å². The number of fused-ring (bicyclic) bond motifs is 1. The summed E-state index contributed by atoms with van der Waals surface area (Å²) in [5, 5.41) is 4.42. The van der Waals surface area contributed by atoms with Crippen LogP contribution in [0, 0.1) is 0 Å². The molecule has 6 nitrogen and oxygen atoms in total. The van der Waals surface area contributed by atoms with Gasteiger partial charge in [-0.25, -0.2) is 4.98 Å². The number of benzene rings is 1. The number of nitrogens with one attached hydrogen (secondary N) is 2. The molecule has 1 fully saturated rings. The summed E-state index contributed by atoms with van der Waals surface area (Å²) in [4.78, 5) is 26.4. The number of hydrogen-bond acceptors (Lipinski definition) is 4. The zero-order valence-electron chi connectivity index (χ0n) is 13.6. The number of H-pyrrole nitrogens is 1. The number of rotatable bonds is 3. The summed E-state index contributed by atoms with van der Waals surface area (Å²) in [6.07, 6.45) is 7.01. The highest BCUT2D eigenvalue weighted by Crippen LogP contribution is 2.27. The Morgan fingerprint density at radius 2 is 2.20 bits per heavy atom. The van der Waals surface area contributed by atoms with Crippen molar-refractivity contribution >= 4 is 34.2 Å². The fourth-order valence-corrected chi connectivity index (χ4v) is 3.58. The van der Waals surface area contributed by atoms with E-state index in [0.29, 0.717) is 17.3 Å². The SMILES string of the molecule is O=C(N[C@@H]1CCCN(c2cnccn2)C1)c1[nH]c2ccccc2c1Cl. The molecule has 0 bridgehead atoms. The van der Waals surface area contributed by atoms with Gasteiger partial charge in [0.1, 0.15) is 11.5 Å². The molecule has 4 rings (SSSR count). The Morgan fingerprint density at radius 1 is 1.32 bits per heavy atom. The van der Waals surface area contributed by atoms with E-state index in [0.717, 1.165) is 36.1 Å². The highest BCUT2D eigenvalue weighted by Gasteiger charge is 2.24. The topological polar surface area (TPSA) is 73.9 Å². The predicted octanol–water partition coefficient (Wildman–Crippen LogP) is 3.01. The Kier molecular flexibility index (Phi) is 4.28. The van der Waals surface area contributed by atoms with E-state index < -0.39 is 0 Å². The van der Waals surface area contributed by atoms with Crippen LogP contribution < -0.4 is 10.2 Å². The molecule has 0 spiro atoms. The summed E-state index contributed by atoms with van der Waals surface area (Å²) < 4.78 is 0. The number of piperidine rings is 1. The van der Waals surface area contributed by atoms with Gasteiger partial charge in [-0.1, -0.05) is 29.8 Å². The lowest BCUT2D eigenvalue weighted by Crippen LogP contribution is -2.48. The quantitative estimate of drug-likeness (QED) is 0.757. The van der Waals surface area contributed by atoms with Crippen molar-refractivity contribution in [2.24, 2.45) is 0 Å². The van der Waals surface area contributed by atoms with Crippen LogP contribution in [0.25, 0.3) is 10.9 Å². The first kappa shape index (κ1) is 15.9. The standard InChI is InChI=1S/C18H18ClN5O/c19-16-13-5-1-2-6-14(13)23-17(16)18(25)22-12-4-3-9-24(11-12)15-10-20-7-8-21-15/h1-2,5-8,10,12,23H,3-4,9,11H2,(H,22,25)/t12-/m1/s1. The van der Waals surface area contributed by atoms with Crippen molar-refractivity contribution in [3.05, 3.63) is 53.6 Å². The fourth-order valence-electron chi connectivity index (χ4n) is 3.28. The molecule has 1 aromatic carbocycles. The molecule has 1 amide bonds. The number of hydrogen-bond donors (Lipinski definition) is 2. The zero-order chi connectivity index (χ0) is 17.2. The second kappa shape index (κ2) is 6.72. The van der Waals surface area contributed by atoms with E-state index in [1.807, 2.05) is 24.3 Å². The molecule has 0 radical (unpaired) electrons. The van der Waals surface area contributed by atoms with E-state index >= 15 is 0 Å². The van der Waals surface area contributed by atoms with Crippen LogP contribution >= 0.6 is 11.6 Å². The van der Waals surface area contributed by atoms with Gasteiger partial charge in [-0.15, -0.1) is 0 Å². The molecule has 128 valence electrons. The Hall–Kier alpha value is -2.60. The van der Waals surface area contributed by atoms with Gasteiger partial charge in [0.25, 0.3) is 5.91 Å². The first-order valence-corrected chi connectivity index (χ1v) is 8.68. The smallest absolute Gasteiger partial charge is 0.269 e. The highest BCUT2D eigenvalue weighted by molar-refractivity contribution is 6.38. The first-order chi connectivity index (χ1) is 12.2. The van der Waals surface area contributed by atoms with Gasteiger partial charge in [-0.3, -0.25) is 9.78 Å². The molecule has 0 unspecified atom stereocenters. The number of carbonyl (C=O) groups is 1. The number of halogens is 1. The van der Waals surface area contributed by atoms with Gasteiger partial charge in [0, 0.05) is 42.4 Å². The van der Waals surface area contributed by atoms with E-state index in [-0.39, 0.29) is 11.9 Å². The number of aromatic nitrogens is 3. The van der Waals surface area contributed by atoms with Gasteiger partial charge in [0.2, 0.25) is 0 Å². The molecule has 1 aliphatic heterocycles. The summed E-state index contributed by atoms with van der Waals surface area (Å²) in [7, 11) is 0. The molecule has 2 aromatic heterocycles. The van der Waals surface area contributed by atoms with E-state index in [1.165, 1.54) is 0 Å². The molecule has 25 heavy (non-hydrogen) atoms. The Labute approximate surface area is 150 Å². The van der Waals surface area contributed by atoms with Gasteiger partial charge in [-0.2, -0.15) is 0 Å². The lowest BCUT2D eigenvalue weighted by molar-refractivity contribution is 0.0929. The molecule has 1 saturated heterocycles. The molecule has 3 heterocycles. The van der Waals surface area contributed by atoms with Crippen molar-refractivity contribution in [3.8, 4) is 0 Å². The molecule has 1 atom stereocenters. The van der Waals surface area contributed by atoms with Crippen LogP contribution in [0.4, 0.5) is 5.82 Å². The minimum Gasteiger partial charge on any atom is -0.353 e. The molecular weight excluding hydrogens is 338 g/mol. The zero-order valence-corrected chi connectivity index (χ0v) is 14.3. The molecule has 2 N–H and O–H groups in total. The maximum atomic E-state index is 12.7. The van der Waals surface area contributed by atoms with Crippen molar-refractivity contribution in [1.82, 2.24) is 20.3 Å². The maximum absolute atomic E-state index is 12.7. The molecule has 7 heteroatoms. The lowest BCUT2D eigenvalue weighted by Gasteiger charge is -2.33. The van der Waals surface area contributed by atoms with Crippen molar-refractivity contribution in [1.29, 1.82) is 0 Å². The third-order valence-corrected chi connectivity index (χ3v) is 4.89. The average molecular weight is 356 g/mol. The summed E-state index contributed by atoms with van der Waals surface area (Å²) in [6.45, 7) is 1.63. The van der Waals surface area contributed by atoms with Crippen molar-refractivity contribution in [2.75, 3.05) is 18.0 Å². The Bertz CT molecular complexity index is 895. The number of carbonyl (C=O) groups excluding carboxylic acids is 1. The fraction of sp³-hybridized carbons (Fsp3) is 0.278. The third kappa shape index (κ3) is 3.17. The van der Waals surface area contributed by atoms with Crippen molar-refractivity contribution in [2.45, 2.75) is 18.9 Å². The predicted molar refractivity (Wildman–Crippen MR) is 98.0 cm³/mol. The van der Waals surface area contributed by atoms with Crippen LogP contribution in [0.5, 0.6) is 0 Å². The first-order valence-electron chi connectivity index (χ1n) is 8.30. The van der Waals surface area contributed by atoms with Gasteiger partial charge < -0.3 is 15.2 Å². The molecule has 0 aliphatic carbocycles. The molecule has 3 aromatic rings. The number of anilines is 1. The number of nitrogens with zero attached hydrogens (tertiary/aromatic N) is 3. The number of aromatic amines is 1.